The Balaban J connectivity index is 1.54. The van der Waals surface area contributed by atoms with Gasteiger partial charge in [0.05, 0.1) is 29.7 Å². The van der Waals surface area contributed by atoms with E-state index in [-0.39, 0.29) is 24.2 Å². The van der Waals surface area contributed by atoms with E-state index in [9.17, 15) is 18.4 Å². The number of ether oxygens (including phenoxy) is 2. The topological polar surface area (TPSA) is 76.9 Å². The molecule has 216 valence electrons. The number of carbonyl (C=O) groups is 2. The van der Waals surface area contributed by atoms with Gasteiger partial charge in [-0.05, 0) is 71.9 Å². The lowest BCUT2D eigenvalue weighted by Gasteiger charge is -2.35. The summed E-state index contributed by atoms with van der Waals surface area (Å²) < 4.78 is 39.2. The largest absolute Gasteiger partial charge is 0.444 e. The fourth-order valence-electron chi connectivity index (χ4n) is 5.47. The fraction of sp³-hybridized carbons (Fsp3) is 0.452. The minimum Gasteiger partial charge on any atom is -0.444 e. The summed E-state index contributed by atoms with van der Waals surface area (Å²) in [7, 11) is 1.71. The molecule has 3 aromatic rings. The molecule has 2 amide bonds. The number of imidazole rings is 1. The van der Waals surface area contributed by atoms with Gasteiger partial charge in [-0.2, -0.15) is 8.78 Å². The van der Waals surface area contributed by atoms with Gasteiger partial charge >= 0.3 is 12.7 Å². The summed E-state index contributed by atoms with van der Waals surface area (Å²) in [6, 6.07) is 9.54. The van der Waals surface area contributed by atoms with Crippen molar-refractivity contribution in [1.82, 2.24) is 19.4 Å². The standard InChI is InChI=1S/C31H34F2N4O4/c1-30(2,3)36(29(39)41-31(4,5)6)15-9-10-18-13-14-20-21(16-18)37-22-17-23(26(37)34-20)35(7)27(38)19-11-8-12-24(25(19)22)40-28(32)33/h8,11-14,16,22-23,28H,15,17H2,1-7H3/t22-,23-/m1/s1. The van der Waals surface area contributed by atoms with Gasteiger partial charge in [-0.15, -0.1) is 0 Å². The number of carbonyl (C=O) groups excluding carboxylic acids is 2. The molecule has 2 atom stereocenters. The van der Waals surface area contributed by atoms with E-state index < -0.39 is 29.9 Å². The molecule has 2 aliphatic heterocycles. The van der Waals surface area contributed by atoms with Crippen LogP contribution in [0.1, 0.15) is 87.4 Å². The molecule has 0 aliphatic carbocycles. The van der Waals surface area contributed by atoms with Crippen LogP contribution in [0.25, 0.3) is 11.0 Å². The van der Waals surface area contributed by atoms with E-state index in [4.69, 9.17) is 14.5 Å². The van der Waals surface area contributed by atoms with Crippen molar-refractivity contribution in [2.45, 2.75) is 77.8 Å². The maximum absolute atomic E-state index is 13.3. The Morgan fingerprint density at radius 2 is 1.88 bits per heavy atom. The number of hydrogen-bond acceptors (Lipinski definition) is 5. The molecule has 2 aromatic carbocycles. The zero-order valence-electron chi connectivity index (χ0n) is 24.3. The minimum absolute atomic E-state index is 0.0139. The maximum Gasteiger partial charge on any atom is 0.411 e. The van der Waals surface area contributed by atoms with Crippen LogP contribution in [0.15, 0.2) is 36.4 Å². The summed E-state index contributed by atoms with van der Waals surface area (Å²) in [5.41, 5.74) is 1.83. The molecular weight excluding hydrogens is 530 g/mol. The molecule has 0 unspecified atom stereocenters. The van der Waals surface area contributed by atoms with Gasteiger partial charge < -0.3 is 18.9 Å². The monoisotopic (exact) mass is 564 g/mol. The first-order chi connectivity index (χ1) is 19.2. The second kappa shape index (κ2) is 10.1. The van der Waals surface area contributed by atoms with E-state index in [1.165, 1.54) is 6.07 Å². The normalized spacial score (nSPS) is 18.0. The molecule has 0 saturated carbocycles. The molecule has 0 radical (unpaired) electrons. The molecule has 10 heteroatoms. The zero-order chi connectivity index (χ0) is 29.9. The highest BCUT2D eigenvalue weighted by Crippen LogP contribution is 2.50. The number of hydrogen-bond donors (Lipinski definition) is 0. The predicted molar refractivity (Wildman–Crippen MR) is 150 cm³/mol. The van der Waals surface area contributed by atoms with Gasteiger partial charge in [0.15, 0.2) is 0 Å². The van der Waals surface area contributed by atoms with Crippen molar-refractivity contribution >= 4 is 23.0 Å². The van der Waals surface area contributed by atoms with E-state index in [1.54, 1.807) is 29.0 Å². The number of alkyl halides is 2. The highest BCUT2D eigenvalue weighted by molar-refractivity contribution is 5.97. The minimum atomic E-state index is -3.02. The summed E-state index contributed by atoms with van der Waals surface area (Å²) in [6.45, 7) is 8.38. The lowest BCUT2D eigenvalue weighted by molar-refractivity contribution is -0.0507. The average Bonchev–Trinajstić information content (AvgIpc) is 3.37. The molecule has 0 spiro atoms. The Hall–Kier alpha value is -4.13. The molecular formula is C31H34F2N4O4. The number of halogens is 2. The summed E-state index contributed by atoms with van der Waals surface area (Å²) in [6.07, 6.45) is 0.0505. The maximum atomic E-state index is 13.3. The van der Waals surface area contributed by atoms with Crippen molar-refractivity contribution in [2.75, 3.05) is 13.6 Å². The van der Waals surface area contributed by atoms with Gasteiger partial charge in [-0.25, -0.2) is 9.78 Å². The van der Waals surface area contributed by atoms with Crippen LogP contribution in [0, 0.1) is 11.8 Å². The van der Waals surface area contributed by atoms with Crippen LogP contribution >= 0.6 is 0 Å². The number of amides is 2. The van der Waals surface area contributed by atoms with Crippen LogP contribution in [0.2, 0.25) is 0 Å². The third kappa shape index (κ3) is 5.33. The molecule has 0 fully saturated rings. The van der Waals surface area contributed by atoms with E-state index in [2.05, 4.69) is 11.8 Å². The van der Waals surface area contributed by atoms with Gasteiger partial charge in [-0.1, -0.05) is 17.9 Å². The summed E-state index contributed by atoms with van der Waals surface area (Å²) >= 11 is 0. The van der Waals surface area contributed by atoms with Gasteiger partial charge in [-0.3, -0.25) is 9.69 Å². The number of aromatic nitrogens is 2. The third-order valence-electron chi connectivity index (χ3n) is 7.30. The van der Waals surface area contributed by atoms with Gasteiger partial charge in [0.25, 0.3) is 5.91 Å². The van der Waals surface area contributed by atoms with Crippen LogP contribution in [0.5, 0.6) is 5.75 Å². The van der Waals surface area contributed by atoms with Crippen molar-refractivity contribution in [1.29, 1.82) is 0 Å². The second-order valence-corrected chi connectivity index (χ2v) is 12.4. The van der Waals surface area contributed by atoms with E-state index in [1.807, 2.05) is 64.3 Å². The Bertz CT molecular complexity index is 1590. The smallest absolute Gasteiger partial charge is 0.411 e. The molecule has 1 aromatic heterocycles. The van der Waals surface area contributed by atoms with E-state index >= 15 is 0 Å². The first-order valence-electron chi connectivity index (χ1n) is 13.5. The highest BCUT2D eigenvalue weighted by Gasteiger charge is 2.45. The number of rotatable bonds is 3. The number of nitrogens with zero attached hydrogens (tertiary/aromatic N) is 4. The SMILES string of the molecule is CN1C(=O)c2cccc(OC(F)F)c2[C@H]2C[C@@H]1c1nc3ccc(C#CCN(C(=O)OC(C)(C)C)C(C)(C)C)cc3n12. The molecule has 41 heavy (non-hydrogen) atoms. The third-order valence-corrected chi connectivity index (χ3v) is 7.30. The van der Waals surface area contributed by atoms with Gasteiger partial charge in [0.2, 0.25) is 0 Å². The summed E-state index contributed by atoms with van der Waals surface area (Å²) in [5.74, 6) is 6.67. The first-order valence-corrected chi connectivity index (χ1v) is 13.5. The molecule has 2 aliphatic rings. The number of fused-ring (bicyclic) bond motifs is 9. The van der Waals surface area contributed by atoms with Crippen LogP contribution in [0.3, 0.4) is 0 Å². The Labute approximate surface area is 238 Å². The average molecular weight is 565 g/mol. The van der Waals surface area contributed by atoms with Crippen molar-refractivity contribution in [3.05, 3.63) is 58.9 Å². The number of benzene rings is 2. The summed E-state index contributed by atoms with van der Waals surface area (Å²) in [5, 5.41) is 0. The van der Waals surface area contributed by atoms with Crippen molar-refractivity contribution in [2.24, 2.45) is 0 Å². The quantitative estimate of drug-likeness (QED) is 0.357. The molecule has 2 bridgehead atoms. The predicted octanol–water partition coefficient (Wildman–Crippen LogP) is 6.14. The van der Waals surface area contributed by atoms with Gasteiger partial charge in [0.1, 0.15) is 17.2 Å². The Morgan fingerprint density at radius 1 is 1.15 bits per heavy atom. The highest BCUT2D eigenvalue weighted by atomic mass is 19.3. The molecule has 0 N–H and O–H groups in total. The lowest BCUT2D eigenvalue weighted by Crippen LogP contribution is -2.48. The lowest BCUT2D eigenvalue weighted by atomic mass is 9.97. The molecule has 0 saturated heterocycles. The van der Waals surface area contributed by atoms with Crippen LogP contribution < -0.4 is 4.74 Å². The fourth-order valence-corrected chi connectivity index (χ4v) is 5.47. The van der Waals surface area contributed by atoms with E-state index in [0.717, 1.165) is 5.52 Å². The Kier molecular flexibility index (Phi) is 6.96. The first kappa shape index (κ1) is 28.4. The van der Waals surface area contributed by atoms with Crippen LogP contribution in [0.4, 0.5) is 13.6 Å². The Morgan fingerprint density at radius 3 is 2.54 bits per heavy atom. The van der Waals surface area contributed by atoms with Crippen molar-refractivity contribution in [3.8, 4) is 17.6 Å². The molecule has 3 heterocycles. The van der Waals surface area contributed by atoms with Gasteiger partial charge in [0, 0.05) is 35.7 Å². The van der Waals surface area contributed by atoms with E-state index in [0.29, 0.717) is 34.5 Å². The van der Waals surface area contributed by atoms with Crippen molar-refractivity contribution < 1.29 is 27.8 Å². The summed E-state index contributed by atoms with van der Waals surface area (Å²) in [4.78, 5) is 34.2. The van der Waals surface area contributed by atoms with Crippen LogP contribution in [-0.4, -0.2) is 62.7 Å². The molecule has 8 nitrogen and oxygen atoms in total. The second-order valence-electron chi connectivity index (χ2n) is 12.4. The van der Waals surface area contributed by atoms with Crippen LogP contribution in [-0.2, 0) is 4.74 Å². The molecule has 5 rings (SSSR count). The van der Waals surface area contributed by atoms with Crippen molar-refractivity contribution in [3.63, 3.8) is 0 Å². The zero-order valence-corrected chi connectivity index (χ0v) is 24.3.